The Morgan fingerprint density at radius 2 is 1.93 bits per heavy atom. The van der Waals surface area contributed by atoms with Crippen LogP contribution in [0.1, 0.15) is 41.6 Å². The van der Waals surface area contributed by atoms with E-state index in [9.17, 15) is 26.7 Å². The van der Waals surface area contributed by atoms with Gasteiger partial charge in [0.15, 0.2) is 0 Å². The highest BCUT2D eigenvalue weighted by molar-refractivity contribution is 5.87. The van der Waals surface area contributed by atoms with Crippen LogP contribution in [-0.2, 0) is 23.9 Å². The van der Waals surface area contributed by atoms with Gasteiger partial charge < -0.3 is 24.3 Å². The number of nitrogens with zero attached hydrogens (tertiary/aromatic N) is 7. The number of rotatable bonds is 8. The van der Waals surface area contributed by atoms with Crippen LogP contribution in [0.4, 0.5) is 33.5 Å². The monoisotopic (exact) mass is 645 g/mol. The van der Waals surface area contributed by atoms with Crippen molar-refractivity contribution in [1.82, 2.24) is 19.8 Å². The molecule has 1 amide bonds. The largest absolute Gasteiger partial charge is 0.461 e. The number of aryl methyl sites for hydroxylation is 1. The second-order valence-corrected chi connectivity index (χ2v) is 12.6. The molecule has 3 fully saturated rings. The van der Waals surface area contributed by atoms with E-state index in [1.807, 2.05) is 4.90 Å². The molecule has 14 heteroatoms. The van der Waals surface area contributed by atoms with Crippen LogP contribution in [0.2, 0.25) is 0 Å². The van der Waals surface area contributed by atoms with Gasteiger partial charge in [0.05, 0.1) is 29.9 Å². The third kappa shape index (κ3) is 6.21. The molecule has 3 aliphatic heterocycles. The highest BCUT2D eigenvalue weighted by Crippen LogP contribution is 2.46. The number of carbonyl (C=O) groups excluding carboxylic acids is 1. The number of benzene rings is 1. The number of aromatic nitrogens is 2. The summed E-state index contributed by atoms with van der Waals surface area (Å²) in [6.07, 6.45) is -1.74. The summed E-state index contributed by atoms with van der Waals surface area (Å²) in [5.74, 6) is -2.45. The van der Waals surface area contributed by atoms with Crippen molar-refractivity contribution in [2.45, 2.75) is 62.8 Å². The summed E-state index contributed by atoms with van der Waals surface area (Å²) in [4.78, 5) is 32.5. The Labute approximate surface area is 264 Å². The van der Waals surface area contributed by atoms with Crippen molar-refractivity contribution >= 4 is 17.4 Å². The Hall–Kier alpha value is -3.99. The van der Waals surface area contributed by atoms with Crippen molar-refractivity contribution in [3.63, 3.8) is 0 Å². The molecule has 1 aromatic carbocycles. The van der Waals surface area contributed by atoms with Gasteiger partial charge in [0.25, 0.3) is 5.92 Å². The zero-order valence-corrected chi connectivity index (χ0v) is 25.6. The van der Waals surface area contributed by atoms with E-state index < -0.39 is 29.2 Å². The first-order chi connectivity index (χ1) is 21.8. The Kier molecular flexibility index (Phi) is 8.33. The van der Waals surface area contributed by atoms with Crippen molar-refractivity contribution in [3.8, 4) is 6.01 Å². The predicted molar refractivity (Wildman–Crippen MR) is 161 cm³/mol. The van der Waals surface area contributed by atoms with Gasteiger partial charge in [0.2, 0.25) is 12.5 Å². The lowest BCUT2D eigenvalue weighted by Gasteiger charge is -2.41. The van der Waals surface area contributed by atoms with E-state index in [0.29, 0.717) is 57.0 Å². The molecule has 46 heavy (non-hydrogen) atoms. The van der Waals surface area contributed by atoms with Crippen LogP contribution >= 0.6 is 0 Å². The van der Waals surface area contributed by atoms with Crippen LogP contribution in [0, 0.1) is 13.5 Å². The molecule has 6 rings (SSSR count). The third-order valence-electron chi connectivity index (χ3n) is 9.58. The molecule has 1 aromatic heterocycles. The molecular weight excluding hydrogens is 609 g/mol. The van der Waals surface area contributed by atoms with E-state index in [1.165, 1.54) is 25.1 Å². The third-order valence-corrected chi connectivity index (χ3v) is 9.58. The van der Waals surface area contributed by atoms with Crippen molar-refractivity contribution in [2.75, 3.05) is 62.2 Å². The number of amides is 1. The number of fused-ring (bicyclic) bond motifs is 1. The average Bonchev–Trinajstić information content (AvgIpc) is 3.72. The molecule has 2 saturated heterocycles. The van der Waals surface area contributed by atoms with Crippen LogP contribution in [-0.4, -0.2) is 95.6 Å². The molecule has 1 saturated carbocycles. The zero-order valence-electron chi connectivity index (χ0n) is 25.6. The van der Waals surface area contributed by atoms with Crippen molar-refractivity contribution in [3.05, 3.63) is 64.7 Å². The summed E-state index contributed by atoms with van der Waals surface area (Å²) in [6.45, 7) is 14.0. The molecular formula is C32H36F5N7O2. The first kappa shape index (κ1) is 32.0. The van der Waals surface area contributed by atoms with E-state index in [1.54, 1.807) is 20.8 Å². The average molecular weight is 646 g/mol. The summed E-state index contributed by atoms with van der Waals surface area (Å²) in [5.41, 5.74) is 0.281. The van der Waals surface area contributed by atoms with Crippen LogP contribution < -0.4 is 14.5 Å². The van der Waals surface area contributed by atoms with Crippen LogP contribution in [0.3, 0.4) is 0 Å². The fourth-order valence-corrected chi connectivity index (χ4v) is 6.96. The summed E-state index contributed by atoms with van der Waals surface area (Å²) < 4.78 is 76.6. The Morgan fingerprint density at radius 1 is 1.15 bits per heavy atom. The molecule has 2 aromatic rings. The first-order valence-corrected chi connectivity index (χ1v) is 15.4. The van der Waals surface area contributed by atoms with Crippen LogP contribution in [0.25, 0.3) is 4.85 Å². The summed E-state index contributed by atoms with van der Waals surface area (Å²) in [5, 5.41) is 0. The molecule has 0 bridgehead atoms. The van der Waals surface area contributed by atoms with Gasteiger partial charge in [-0.1, -0.05) is 18.7 Å². The van der Waals surface area contributed by atoms with E-state index >= 15 is 0 Å². The van der Waals surface area contributed by atoms with Crippen molar-refractivity contribution in [1.29, 1.82) is 0 Å². The fraction of sp³-hybridized carbons (Fsp3) is 0.562. The lowest BCUT2D eigenvalue weighted by molar-refractivity contribution is -0.137. The highest BCUT2D eigenvalue weighted by Gasteiger charge is 2.55. The molecule has 4 aliphatic rings. The number of alkyl halides is 5. The standard InChI is InChI=1S/C32H36F5N7O2/c1-4-26(45)44-15-14-42(17-22(44)16-38-3)28-23-8-12-41(25-7-5-6-21(2)27(25)32(35,36)37)18-24(23)39-29(40-28)46-20-30(9-10-30)43-13-11-31(33,34)19-43/h4-7,22H,1,8-20H2,2H3/t22-/m0/s1. The molecule has 0 radical (unpaired) electrons. The zero-order chi connectivity index (χ0) is 32.9. The Balaban J connectivity index is 1.32. The molecule has 1 aliphatic carbocycles. The minimum absolute atomic E-state index is 0.0273. The van der Waals surface area contributed by atoms with E-state index in [0.717, 1.165) is 5.56 Å². The lowest BCUT2D eigenvalue weighted by Crippen LogP contribution is -2.56. The van der Waals surface area contributed by atoms with E-state index in [-0.39, 0.29) is 62.4 Å². The molecule has 246 valence electrons. The van der Waals surface area contributed by atoms with Gasteiger partial charge >= 0.3 is 12.2 Å². The second kappa shape index (κ2) is 12.0. The first-order valence-electron chi connectivity index (χ1n) is 15.4. The fourth-order valence-electron chi connectivity index (χ4n) is 6.96. The molecule has 0 unspecified atom stereocenters. The number of anilines is 2. The van der Waals surface area contributed by atoms with Gasteiger partial charge in [0, 0.05) is 50.4 Å². The number of halogens is 5. The Morgan fingerprint density at radius 3 is 2.59 bits per heavy atom. The van der Waals surface area contributed by atoms with Gasteiger partial charge in [-0.15, -0.1) is 0 Å². The van der Waals surface area contributed by atoms with Gasteiger partial charge in [-0.2, -0.15) is 23.1 Å². The summed E-state index contributed by atoms with van der Waals surface area (Å²) in [6, 6.07) is 4.12. The van der Waals surface area contributed by atoms with Crippen molar-refractivity contribution in [2.24, 2.45) is 0 Å². The number of likely N-dealkylation sites (tertiary alicyclic amines) is 1. The quantitative estimate of drug-likeness (QED) is 0.234. The maximum Gasteiger partial charge on any atom is 0.418 e. The summed E-state index contributed by atoms with van der Waals surface area (Å²) in [7, 11) is 0. The summed E-state index contributed by atoms with van der Waals surface area (Å²) >= 11 is 0. The second-order valence-electron chi connectivity index (χ2n) is 12.6. The van der Waals surface area contributed by atoms with Gasteiger partial charge in [-0.25, -0.2) is 15.4 Å². The number of ether oxygens (including phenoxy) is 1. The number of carbonyl (C=O) groups is 1. The molecule has 9 nitrogen and oxygen atoms in total. The maximum absolute atomic E-state index is 14.2. The van der Waals surface area contributed by atoms with Crippen molar-refractivity contribution < 1.29 is 31.5 Å². The lowest BCUT2D eigenvalue weighted by atomic mass is 10.00. The molecule has 0 spiro atoms. The minimum atomic E-state index is -4.54. The number of hydrogen-bond acceptors (Lipinski definition) is 7. The van der Waals surface area contributed by atoms with Crippen LogP contribution in [0.5, 0.6) is 6.01 Å². The van der Waals surface area contributed by atoms with Crippen LogP contribution in [0.15, 0.2) is 30.9 Å². The highest BCUT2D eigenvalue weighted by atomic mass is 19.4. The normalized spacial score (nSPS) is 22.3. The van der Waals surface area contributed by atoms with E-state index in [2.05, 4.69) is 16.4 Å². The SMILES string of the molecule is [C-]#[N+]C[C@H]1CN(c2nc(OCC3(N4CCC(F)(F)C4)CC3)nc3c2CCN(c2cccc(C)c2C(F)(F)F)C3)CCN1C(=O)C=C. The maximum atomic E-state index is 14.2. The molecule has 0 N–H and O–H groups in total. The minimum Gasteiger partial charge on any atom is -0.461 e. The van der Waals surface area contributed by atoms with Gasteiger partial charge in [-0.3, -0.25) is 9.69 Å². The topological polar surface area (TPSA) is 69.4 Å². The molecule has 1 atom stereocenters. The van der Waals surface area contributed by atoms with E-state index in [4.69, 9.17) is 16.3 Å². The predicted octanol–water partition coefficient (Wildman–Crippen LogP) is 4.74. The molecule has 4 heterocycles. The number of hydrogen-bond donors (Lipinski definition) is 0. The van der Waals surface area contributed by atoms with Gasteiger partial charge in [0.1, 0.15) is 18.5 Å². The van der Waals surface area contributed by atoms with Gasteiger partial charge in [-0.05, 0) is 43.9 Å². The smallest absolute Gasteiger partial charge is 0.418 e. The Bertz CT molecular complexity index is 1550. The number of piperazine rings is 1.